The minimum Gasteiger partial charge on any atom is -0.481 e. The second kappa shape index (κ2) is 5.51. The summed E-state index contributed by atoms with van der Waals surface area (Å²) in [7, 11) is 0. The standard InChI is InChI=1S/C9H12F3N3O2S/c1-3-15(4-5(2)6(16)17)8-13-7(14-18-8)9(10,11)12/h5H,3-4H2,1-2H3,(H,16,17). The van der Waals surface area contributed by atoms with Crippen molar-refractivity contribution in [2.75, 3.05) is 18.0 Å². The van der Waals surface area contributed by atoms with Crippen LogP contribution in [0, 0.1) is 5.92 Å². The average Bonchev–Trinajstić information content (AvgIpc) is 2.73. The van der Waals surface area contributed by atoms with Crippen molar-refractivity contribution in [3.8, 4) is 0 Å². The van der Waals surface area contributed by atoms with E-state index in [9.17, 15) is 18.0 Å². The number of carboxylic acids is 1. The van der Waals surface area contributed by atoms with Crippen LogP contribution in [0.25, 0.3) is 0 Å². The molecule has 1 aromatic rings. The lowest BCUT2D eigenvalue weighted by Gasteiger charge is -2.21. The highest BCUT2D eigenvalue weighted by atomic mass is 32.1. The average molecular weight is 283 g/mol. The summed E-state index contributed by atoms with van der Waals surface area (Å²) in [5.41, 5.74) is 0. The summed E-state index contributed by atoms with van der Waals surface area (Å²) in [6.45, 7) is 3.66. The molecule has 0 aromatic carbocycles. The van der Waals surface area contributed by atoms with E-state index in [0.717, 1.165) is 0 Å². The molecule has 1 heterocycles. The monoisotopic (exact) mass is 283 g/mol. The molecular formula is C9H12F3N3O2S. The van der Waals surface area contributed by atoms with Crippen LogP contribution in [-0.2, 0) is 11.0 Å². The SMILES string of the molecule is CCN(CC(C)C(=O)O)c1nc(C(F)(F)F)ns1. The minimum atomic E-state index is -4.58. The lowest BCUT2D eigenvalue weighted by molar-refractivity contribution is -0.144. The number of nitrogens with zero attached hydrogens (tertiary/aromatic N) is 3. The first-order valence-corrected chi connectivity index (χ1v) is 5.91. The molecule has 18 heavy (non-hydrogen) atoms. The van der Waals surface area contributed by atoms with Gasteiger partial charge in [-0.3, -0.25) is 4.79 Å². The molecule has 0 radical (unpaired) electrons. The van der Waals surface area contributed by atoms with E-state index in [-0.39, 0.29) is 11.7 Å². The Morgan fingerprint density at radius 3 is 2.56 bits per heavy atom. The summed E-state index contributed by atoms with van der Waals surface area (Å²) in [6.07, 6.45) is -4.58. The summed E-state index contributed by atoms with van der Waals surface area (Å²) in [4.78, 5) is 15.6. The van der Waals surface area contributed by atoms with Gasteiger partial charge in [0.2, 0.25) is 11.0 Å². The fraction of sp³-hybridized carbons (Fsp3) is 0.667. The number of anilines is 1. The van der Waals surface area contributed by atoms with Crippen molar-refractivity contribution >= 4 is 22.6 Å². The lowest BCUT2D eigenvalue weighted by atomic mass is 10.2. The van der Waals surface area contributed by atoms with Gasteiger partial charge in [-0.1, -0.05) is 6.92 Å². The number of rotatable bonds is 5. The van der Waals surface area contributed by atoms with Gasteiger partial charge in [0.1, 0.15) is 0 Å². The molecule has 1 unspecified atom stereocenters. The third kappa shape index (κ3) is 3.56. The predicted molar refractivity (Wildman–Crippen MR) is 59.6 cm³/mol. The van der Waals surface area contributed by atoms with Gasteiger partial charge in [0.25, 0.3) is 0 Å². The molecule has 0 spiro atoms. The molecule has 9 heteroatoms. The van der Waals surface area contributed by atoms with Crippen molar-refractivity contribution in [3.05, 3.63) is 5.82 Å². The van der Waals surface area contributed by atoms with E-state index in [0.29, 0.717) is 18.1 Å². The highest BCUT2D eigenvalue weighted by molar-refractivity contribution is 7.09. The Bertz CT molecular complexity index is 421. The summed E-state index contributed by atoms with van der Waals surface area (Å²) in [5.74, 6) is -2.89. The highest BCUT2D eigenvalue weighted by Gasteiger charge is 2.36. The van der Waals surface area contributed by atoms with E-state index in [4.69, 9.17) is 5.11 Å². The quantitative estimate of drug-likeness (QED) is 0.896. The van der Waals surface area contributed by atoms with Crippen LogP contribution < -0.4 is 4.90 Å². The van der Waals surface area contributed by atoms with Crippen LogP contribution in [0.4, 0.5) is 18.3 Å². The van der Waals surface area contributed by atoms with Crippen molar-refractivity contribution in [1.82, 2.24) is 9.36 Å². The second-order valence-electron chi connectivity index (χ2n) is 3.68. The fourth-order valence-electron chi connectivity index (χ4n) is 1.21. The zero-order chi connectivity index (χ0) is 13.9. The van der Waals surface area contributed by atoms with Crippen LogP contribution in [0.15, 0.2) is 0 Å². The Morgan fingerprint density at radius 1 is 1.56 bits per heavy atom. The van der Waals surface area contributed by atoms with E-state index >= 15 is 0 Å². The Balaban J connectivity index is 2.83. The number of halogens is 3. The van der Waals surface area contributed by atoms with Gasteiger partial charge in [-0.2, -0.15) is 22.5 Å². The first kappa shape index (κ1) is 14.7. The smallest absolute Gasteiger partial charge is 0.452 e. The third-order valence-corrected chi connectivity index (χ3v) is 3.01. The lowest BCUT2D eigenvalue weighted by Crippen LogP contribution is -2.31. The van der Waals surface area contributed by atoms with Gasteiger partial charge >= 0.3 is 12.1 Å². The number of aliphatic carboxylic acids is 1. The van der Waals surface area contributed by atoms with Crippen molar-refractivity contribution in [2.45, 2.75) is 20.0 Å². The van der Waals surface area contributed by atoms with Crippen LogP contribution >= 0.6 is 11.5 Å². The largest absolute Gasteiger partial charge is 0.481 e. The maximum absolute atomic E-state index is 12.3. The summed E-state index contributed by atoms with van der Waals surface area (Å²) in [5, 5.41) is 8.85. The number of aromatic nitrogens is 2. The summed E-state index contributed by atoms with van der Waals surface area (Å²) < 4.78 is 40.2. The molecule has 1 aromatic heterocycles. The molecular weight excluding hydrogens is 271 g/mol. The zero-order valence-corrected chi connectivity index (χ0v) is 10.5. The van der Waals surface area contributed by atoms with Crippen LogP contribution in [-0.4, -0.2) is 33.5 Å². The van der Waals surface area contributed by atoms with E-state index in [1.54, 1.807) is 6.92 Å². The maximum Gasteiger partial charge on any atom is 0.452 e. The number of hydrogen-bond acceptors (Lipinski definition) is 5. The molecule has 0 bridgehead atoms. The van der Waals surface area contributed by atoms with Crippen LogP contribution in [0.5, 0.6) is 0 Å². The molecule has 0 fully saturated rings. The molecule has 5 nitrogen and oxygen atoms in total. The molecule has 1 atom stereocenters. The number of hydrogen-bond donors (Lipinski definition) is 1. The van der Waals surface area contributed by atoms with E-state index in [1.807, 2.05) is 0 Å². The molecule has 1 rings (SSSR count). The molecule has 1 N–H and O–H groups in total. The highest BCUT2D eigenvalue weighted by Crippen LogP contribution is 2.30. The molecule has 0 aliphatic rings. The topological polar surface area (TPSA) is 66.3 Å². The van der Waals surface area contributed by atoms with E-state index in [1.165, 1.54) is 11.8 Å². The first-order chi connectivity index (χ1) is 8.25. The van der Waals surface area contributed by atoms with Crippen molar-refractivity contribution in [1.29, 1.82) is 0 Å². The van der Waals surface area contributed by atoms with Gasteiger partial charge in [0, 0.05) is 24.6 Å². The van der Waals surface area contributed by atoms with Gasteiger partial charge in [0.15, 0.2) is 0 Å². The number of alkyl halides is 3. The molecule has 0 saturated heterocycles. The summed E-state index contributed by atoms with van der Waals surface area (Å²) >= 11 is 0.615. The Labute approximate surface area is 105 Å². The molecule has 0 aliphatic carbocycles. The van der Waals surface area contributed by atoms with Crippen molar-refractivity contribution in [3.63, 3.8) is 0 Å². The molecule has 0 saturated carbocycles. The molecule has 0 aliphatic heterocycles. The number of carbonyl (C=O) groups is 1. The van der Waals surface area contributed by atoms with Crippen LogP contribution in [0.1, 0.15) is 19.7 Å². The van der Waals surface area contributed by atoms with Gasteiger partial charge in [-0.25, -0.2) is 0 Å². The fourth-order valence-corrected chi connectivity index (χ4v) is 1.97. The Hall–Kier alpha value is -1.38. The Kier molecular flexibility index (Phi) is 4.49. The van der Waals surface area contributed by atoms with Crippen LogP contribution in [0.3, 0.4) is 0 Å². The van der Waals surface area contributed by atoms with Crippen LogP contribution in [0.2, 0.25) is 0 Å². The predicted octanol–water partition coefficient (Wildman–Crippen LogP) is 2.10. The van der Waals surface area contributed by atoms with E-state index in [2.05, 4.69) is 9.36 Å². The second-order valence-corrected chi connectivity index (χ2v) is 4.41. The normalized spacial score (nSPS) is 13.4. The molecule has 0 amide bonds. The minimum absolute atomic E-state index is 0.0814. The summed E-state index contributed by atoms with van der Waals surface area (Å²) in [6, 6.07) is 0. The van der Waals surface area contributed by atoms with Gasteiger partial charge in [-0.05, 0) is 6.92 Å². The van der Waals surface area contributed by atoms with Gasteiger partial charge in [0.05, 0.1) is 5.92 Å². The van der Waals surface area contributed by atoms with Crippen molar-refractivity contribution < 1.29 is 23.1 Å². The first-order valence-electron chi connectivity index (χ1n) is 5.14. The van der Waals surface area contributed by atoms with E-state index < -0.39 is 23.9 Å². The Morgan fingerprint density at radius 2 is 2.17 bits per heavy atom. The maximum atomic E-state index is 12.3. The molecule has 102 valence electrons. The zero-order valence-electron chi connectivity index (χ0n) is 9.73. The number of carboxylic acid groups (broad SMARTS) is 1. The van der Waals surface area contributed by atoms with Crippen molar-refractivity contribution in [2.24, 2.45) is 5.92 Å². The van der Waals surface area contributed by atoms with Gasteiger partial charge in [-0.15, -0.1) is 0 Å². The third-order valence-electron chi connectivity index (χ3n) is 2.24. The van der Waals surface area contributed by atoms with Gasteiger partial charge < -0.3 is 10.0 Å².